The molecule has 4 aromatic heterocycles. The van der Waals surface area contributed by atoms with Crippen LogP contribution in [0.4, 0.5) is 5.95 Å². The number of hydrogen-bond acceptors (Lipinski definition) is 6. The summed E-state index contributed by atoms with van der Waals surface area (Å²) >= 11 is 0. The van der Waals surface area contributed by atoms with Gasteiger partial charge in [-0.3, -0.25) is 0 Å². The molecule has 0 amide bonds. The third-order valence-corrected chi connectivity index (χ3v) is 4.03. The Balaban J connectivity index is 1.71. The number of aromatic amines is 1. The Kier molecular flexibility index (Phi) is 3.81. The standard InChI is InChI=1S/C17H19N7O/c1-10(9-25-3)21-17-20-8-13-12(7-19-16(13)22-17)14-4-5-15-18-6-11(2)24(15)23-14/h4-8,10H,9H2,1-3H3,(H2,19,20,21,22)/t10-/m0/s1. The van der Waals surface area contributed by atoms with Crippen molar-refractivity contribution in [3.05, 3.63) is 36.4 Å². The van der Waals surface area contributed by atoms with Gasteiger partial charge in [-0.05, 0) is 26.0 Å². The molecule has 4 aromatic rings. The molecule has 0 radical (unpaired) electrons. The molecule has 0 unspecified atom stereocenters. The van der Waals surface area contributed by atoms with E-state index in [1.54, 1.807) is 7.11 Å². The summed E-state index contributed by atoms with van der Waals surface area (Å²) in [5.74, 6) is 0.569. The number of imidazole rings is 1. The molecular formula is C17H19N7O. The highest BCUT2D eigenvalue weighted by atomic mass is 16.5. The van der Waals surface area contributed by atoms with E-state index in [1.807, 2.05) is 49.1 Å². The van der Waals surface area contributed by atoms with Gasteiger partial charge in [-0.15, -0.1) is 0 Å². The first-order valence-corrected chi connectivity index (χ1v) is 8.07. The Morgan fingerprint density at radius 2 is 2.16 bits per heavy atom. The molecule has 0 aliphatic rings. The Bertz CT molecular complexity index is 1040. The molecule has 0 fully saturated rings. The van der Waals surface area contributed by atoms with Gasteiger partial charge in [0.1, 0.15) is 5.65 Å². The zero-order chi connectivity index (χ0) is 17.4. The van der Waals surface area contributed by atoms with E-state index in [0.29, 0.717) is 12.6 Å². The van der Waals surface area contributed by atoms with Gasteiger partial charge in [0.15, 0.2) is 5.65 Å². The van der Waals surface area contributed by atoms with Crippen molar-refractivity contribution in [1.29, 1.82) is 0 Å². The fourth-order valence-electron chi connectivity index (χ4n) is 2.83. The molecule has 0 saturated carbocycles. The highest BCUT2D eigenvalue weighted by Crippen LogP contribution is 2.26. The first-order valence-electron chi connectivity index (χ1n) is 8.07. The lowest BCUT2D eigenvalue weighted by Gasteiger charge is -2.12. The summed E-state index contributed by atoms with van der Waals surface area (Å²) < 4.78 is 6.95. The van der Waals surface area contributed by atoms with Gasteiger partial charge in [0.2, 0.25) is 5.95 Å². The quantitative estimate of drug-likeness (QED) is 0.581. The first-order chi connectivity index (χ1) is 12.2. The SMILES string of the molecule is COC[C@H](C)Nc1ncc2c(-c3ccc4ncc(C)n4n3)c[nH]c2n1. The molecule has 4 rings (SSSR count). The van der Waals surface area contributed by atoms with E-state index in [9.17, 15) is 0 Å². The largest absolute Gasteiger partial charge is 0.383 e. The Morgan fingerprint density at radius 1 is 1.28 bits per heavy atom. The highest BCUT2D eigenvalue weighted by Gasteiger charge is 2.12. The van der Waals surface area contributed by atoms with Gasteiger partial charge in [0, 0.05) is 36.5 Å². The topological polar surface area (TPSA) is 93.0 Å². The van der Waals surface area contributed by atoms with Crippen molar-refractivity contribution in [3.8, 4) is 11.3 Å². The fraction of sp³-hybridized carbons (Fsp3) is 0.294. The number of nitrogens with one attached hydrogen (secondary N) is 2. The van der Waals surface area contributed by atoms with Gasteiger partial charge in [-0.25, -0.2) is 14.5 Å². The number of H-pyrrole nitrogens is 1. The minimum Gasteiger partial charge on any atom is -0.383 e. The second-order valence-electron chi connectivity index (χ2n) is 6.05. The third kappa shape index (κ3) is 2.80. The number of hydrogen-bond donors (Lipinski definition) is 2. The van der Waals surface area contributed by atoms with Crippen LogP contribution in [0.5, 0.6) is 0 Å². The molecule has 8 nitrogen and oxygen atoms in total. The molecule has 8 heteroatoms. The van der Waals surface area contributed by atoms with Gasteiger partial charge >= 0.3 is 0 Å². The van der Waals surface area contributed by atoms with Crippen LogP contribution in [0.15, 0.2) is 30.7 Å². The number of methoxy groups -OCH3 is 1. The van der Waals surface area contributed by atoms with Crippen LogP contribution < -0.4 is 5.32 Å². The monoisotopic (exact) mass is 337 g/mol. The maximum Gasteiger partial charge on any atom is 0.224 e. The number of rotatable bonds is 5. The number of ether oxygens (including phenoxy) is 1. The second-order valence-corrected chi connectivity index (χ2v) is 6.05. The summed E-state index contributed by atoms with van der Waals surface area (Å²) in [5, 5.41) is 8.81. The molecule has 0 aromatic carbocycles. The van der Waals surface area contributed by atoms with Crippen molar-refractivity contribution < 1.29 is 4.74 Å². The van der Waals surface area contributed by atoms with Crippen molar-refractivity contribution in [2.24, 2.45) is 0 Å². The molecule has 128 valence electrons. The van der Waals surface area contributed by atoms with E-state index < -0.39 is 0 Å². The molecule has 0 aliphatic heterocycles. The van der Waals surface area contributed by atoms with Crippen molar-refractivity contribution in [3.63, 3.8) is 0 Å². The maximum atomic E-state index is 5.12. The van der Waals surface area contributed by atoms with Crippen molar-refractivity contribution >= 4 is 22.6 Å². The summed E-state index contributed by atoms with van der Waals surface area (Å²) in [4.78, 5) is 16.5. The van der Waals surface area contributed by atoms with Crippen LogP contribution in [-0.2, 0) is 4.74 Å². The number of aryl methyl sites for hydroxylation is 1. The minimum absolute atomic E-state index is 0.130. The minimum atomic E-state index is 0.130. The van der Waals surface area contributed by atoms with E-state index in [2.05, 4.69) is 30.4 Å². The number of fused-ring (bicyclic) bond motifs is 2. The average Bonchev–Trinajstić information content (AvgIpc) is 3.18. The van der Waals surface area contributed by atoms with Gasteiger partial charge in [-0.2, -0.15) is 10.1 Å². The summed E-state index contributed by atoms with van der Waals surface area (Å²) in [7, 11) is 1.67. The molecule has 0 bridgehead atoms. The maximum absolute atomic E-state index is 5.12. The van der Waals surface area contributed by atoms with Gasteiger partial charge in [0.05, 0.1) is 24.2 Å². The van der Waals surface area contributed by atoms with Crippen LogP contribution in [0.25, 0.3) is 27.9 Å². The third-order valence-electron chi connectivity index (χ3n) is 4.03. The van der Waals surface area contributed by atoms with E-state index >= 15 is 0 Å². The highest BCUT2D eigenvalue weighted by molar-refractivity contribution is 5.92. The second kappa shape index (κ2) is 6.14. The number of anilines is 1. The predicted molar refractivity (Wildman–Crippen MR) is 95.6 cm³/mol. The van der Waals surface area contributed by atoms with E-state index in [-0.39, 0.29) is 6.04 Å². The van der Waals surface area contributed by atoms with Gasteiger partial charge in [-0.1, -0.05) is 0 Å². The first kappa shape index (κ1) is 15.5. The van der Waals surface area contributed by atoms with Crippen LogP contribution >= 0.6 is 0 Å². The van der Waals surface area contributed by atoms with E-state index in [4.69, 9.17) is 4.74 Å². The zero-order valence-corrected chi connectivity index (χ0v) is 14.3. The van der Waals surface area contributed by atoms with Crippen LogP contribution in [0.1, 0.15) is 12.6 Å². The molecule has 0 spiro atoms. The smallest absolute Gasteiger partial charge is 0.224 e. The molecular weight excluding hydrogens is 318 g/mol. The predicted octanol–water partition coefficient (Wildman–Crippen LogP) is 2.42. The lowest BCUT2D eigenvalue weighted by molar-refractivity contribution is 0.190. The Labute approximate surface area is 144 Å². The summed E-state index contributed by atoms with van der Waals surface area (Å²) in [5.41, 5.74) is 4.39. The van der Waals surface area contributed by atoms with Gasteiger partial charge in [0.25, 0.3) is 0 Å². The van der Waals surface area contributed by atoms with Crippen LogP contribution in [0, 0.1) is 6.92 Å². The van der Waals surface area contributed by atoms with E-state index in [0.717, 1.165) is 33.6 Å². The summed E-state index contributed by atoms with van der Waals surface area (Å²) in [6.45, 7) is 4.59. The van der Waals surface area contributed by atoms with Crippen molar-refractivity contribution in [2.45, 2.75) is 19.9 Å². The average molecular weight is 337 g/mol. The van der Waals surface area contributed by atoms with Crippen LogP contribution in [0.3, 0.4) is 0 Å². The summed E-state index contributed by atoms with van der Waals surface area (Å²) in [6, 6.07) is 4.04. The number of aromatic nitrogens is 6. The lowest BCUT2D eigenvalue weighted by atomic mass is 10.2. The van der Waals surface area contributed by atoms with Crippen LogP contribution in [0.2, 0.25) is 0 Å². The van der Waals surface area contributed by atoms with Crippen molar-refractivity contribution in [1.82, 2.24) is 29.5 Å². The van der Waals surface area contributed by atoms with Crippen LogP contribution in [-0.4, -0.2) is 49.3 Å². The van der Waals surface area contributed by atoms with Gasteiger partial charge < -0.3 is 15.0 Å². The molecule has 0 saturated heterocycles. The fourth-order valence-corrected chi connectivity index (χ4v) is 2.83. The molecule has 4 heterocycles. The Morgan fingerprint density at radius 3 is 3.00 bits per heavy atom. The normalized spacial score (nSPS) is 12.8. The molecule has 0 aliphatic carbocycles. The van der Waals surface area contributed by atoms with Crippen molar-refractivity contribution in [2.75, 3.05) is 19.0 Å². The van der Waals surface area contributed by atoms with E-state index in [1.165, 1.54) is 0 Å². The molecule has 1 atom stereocenters. The summed E-state index contributed by atoms with van der Waals surface area (Å²) in [6.07, 6.45) is 5.52. The molecule has 25 heavy (non-hydrogen) atoms. The lowest BCUT2D eigenvalue weighted by Crippen LogP contribution is -2.22. The number of nitrogens with zero attached hydrogens (tertiary/aromatic N) is 5. The molecule has 2 N–H and O–H groups in total. The Hall–Kier alpha value is -3.00. The zero-order valence-electron chi connectivity index (χ0n) is 14.3.